The van der Waals surface area contributed by atoms with Gasteiger partial charge in [-0.3, -0.25) is 0 Å². The summed E-state index contributed by atoms with van der Waals surface area (Å²) in [5, 5.41) is 3.48. The van der Waals surface area contributed by atoms with Gasteiger partial charge in [0, 0.05) is 24.8 Å². The van der Waals surface area contributed by atoms with Crippen molar-refractivity contribution in [1.29, 1.82) is 0 Å². The van der Waals surface area contributed by atoms with E-state index in [-0.39, 0.29) is 0 Å². The van der Waals surface area contributed by atoms with Crippen molar-refractivity contribution in [3.63, 3.8) is 0 Å². The van der Waals surface area contributed by atoms with E-state index in [1.165, 1.54) is 13.1 Å². The molecule has 1 heterocycles. The van der Waals surface area contributed by atoms with Gasteiger partial charge >= 0.3 is 0 Å². The molecule has 2 atom stereocenters. The summed E-state index contributed by atoms with van der Waals surface area (Å²) in [6, 6.07) is 0.605. The first-order valence-electron chi connectivity index (χ1n) is 5.11. The Morgan fingerprint density at radius 1 is 1.31 bits per heavy atom. The Kier molecular flexibility index (Phi) is 3.37. The third-order valence-corrected chi connectivity index (χ3v) is 2.84. The van der Waals surface area contributed by atoms with Crippen LogP contribution in [-0.4, -0.2) is 31.1 Å². The first-order valence-corrected chi connectivity index (χ1v) is 5.11. The van der Waals surface area contributed by atoms with Crippen LogP contribution in [0.15, 0.2) is 12.3 Å². The highest BCUT2D eigenvalue weighted by atomic mass is 15.1. The monoisotopic (exact) mass is 182 g/mol. The van der Waals surface area contributed by atoms with Crippen molar-refractivity contribution in [2.75, 3.05) is 20.1 Å². The summed E-state index contributed by atoms with van der Waals surface area (Å²) in [7, 11) is 2.20. The minimum atomic E-state index is 0.605. The molecule has 1 aliphatic heterocycles. The number of hydrogen-bond acceptors (Lipinski definition) is 2. The molecule has 0 amide bonds. The van der Waals surface area contributed by atoms with Gasteiger partial charge in [-0.15, -0.1) is 0 Å². The second-order valence-corrected chi connectivity index (χ2v) is 4.63. The van der Waals surface area contributed by atoms with Crippen molar-refractivity contribution >= 4 is 0 Å². The molecule has 2 unspecified atom stereocenters. The first-order chi connectivity index (χ1) is 6.00. The molecule has 0 aromatic rings. The Hall–Kier alpha value is -0.500. The minimum Gasteiger partial charge on any atom is -0.386 e. The molecule has 0 aromatic heterocycles. The molecule has 1 rings (SSSR count). The van der Waals surface area contributed by atoms with Crippen LogP contribution >= 0.6 is 0 Å². The summed E-state index contributed by atoms with van der Waals surface area (Å²) in [5.41, 5.74) is 1.09. The predicted octanol–water partition coefficient (Wildman–Crippen LogP) is 1.70. The molecule has 0 radical (unpaired) electrons. The molecule has 76 valence electrons. The minimum absolute atomic E-state index is 0.605. The van der Waals surface area contributed by atoms with Crippen LogP contribution in [0.5, 0.6) is 0 Å². The molecule has 1 aliphatic rings. The number of piperidine rings is 1. The van der Waals surface area contributed by atoms with Crippen LogP contribution in [0.25, 0.3) is 0 Å². The molecule has 0 spiro atoms. The molecule has 0 aliphatic carbocycles. The van der Waals surface area contributed by atoms with Crippen molar-refractivity contribution in [2.24, 2.45) is 11.8 Å². The van der Waals surface area contributed by atoms with Gasteiger partial charge in [0.25, 0.3) is 0 Å². The Balaban J connectivity index is 2.56. The Morgan fingerprint density at radius 2 is 1.77 bits per heavy atom. The van der Waals surface area contributed by atoms with Crippen LogP contribution in [0.4, 0.5) is 0 Å². The van der Waals surface area contributed by atoms with Gasteiger partial charge in [0.1, 0.15) is 0 Å². The molecule has 1 N–H and O–H groups in total. The van der Waals surface area contributed by atoms with Crippen molar-refractivity contribution < 1.29 is 0 Å². The lowest BCUT2D eigenvalue weighted by Gasteiger charge is -2.40. The summed E-state index contributed by atoms with van der Waals surface area (Å²) in [6.07, 6.45) is 0. The summed E-state index contributed by atoms with van der Waals surface area (Å²) < 4.78 is 0. The van der Waals surface area contributed by atoms with E-state index in [9.17, 15) is 0 Å². The van der Waals surface area contributed by atoms with Gasteiger partial charge in [-0.2, -0.15) is 0 Å². The molecule has 13 heavy (non-hydrogen) atoms. The smallest absolute Gasteiger partial charge is 0.0333 e. The number of hydrogen-bond donors (Lipinski definition) is 1. The first kappa shape index (κ1) is 10.6. The maximum Gasteiger partial charge on any atom is 0.0333 e. The van der Waals surface area contributed by atoms with Crippen LogP contribution < -0.4 is 5.32 Å². The van der Waals surface area contributed by atoms with Crippen molar-refractivity contribution in [3.05, 3.63) is 12.3 Å². The van der Waals surface area contributed by atoms with E-state index in [2.05, 4.69) is 37.7 Å². The van der Waals surface area contributed by atoms with Gasteiger partial charge in [0.05, 0.1) is 0 Å². The van der Waals surface area contributed by atoms with Crippen molar-refractivity contribution in [1.82, 2.24) is 10.2 Å². The number of nitrogens with one attached hydrogen (secondary N) is 1. The van der Waals surface area contributed by atoms with Gasteiger partial charge in [0.2, 0.25) is 0 Å². The lowest BCUT2D eigenvalue weighted by Crippen LogP contribution is -2.51. The molecule has 2 heteroatoms. The zero-order chi connectivity index (χ0) is 10.0. The zero-order valence-corrected chi connectivity index (χ0v) is 9.30. The molecule has 0 aromatic carbocycles. The fourth-order valence-electron chi connectivity index (χ4n) is 2.41. The fourth-order valence-corrected chi connectivity index (χ4v) is 2.41. The summed E-state index contributed by atoms with van der Waals surface area (Å²) in [4.78, 5) is 2.41. The molecule has 0 saturated carbocycles. The third-order valence-electron chi connectivity index (χ3n) is 2.84. The summed E-state index contributed by atoms with van der Waals surface area (Å²) >= 11 is 0. The number of allylic oxidation sites excluding steroid dienone is 1. The molecular weight excluding hydrogens is 160 g/mol. The van der Waals surface area contributed by atoms with Crippen LogP contribution in [-0.2, 0) is 0 Å². The average Bonchev–Trinajstić information content (AvgIpc) is 1.96. The standard InChI is InChI=1S/C11H22N2/c1-8(2)12-11-9(3)6-13(5)7-10(11)4/h9-12H,1,6-7H2,2-5H3. The van der Waals surface area contributed by atoms with E-state index in [1.54, 1.807) is 0 Å². The summed E-state index contributed by atoms with van der Waals surface area (Å²) in [6.45, 7) is 13.0. The third kappa shape index (κ3) is 2.73. The zero-order valence-electron chi connectivity index (χ0n) is 9.30. The van der Waals surface area contributed by atoms with Gasteiger partial charge in [-0.05, 0) is 25.8 Å². The van der Waals surface area contributed by atoms with E-state index in [0.29, 0.717) is 17.9 Å². The van der Waals surface area contributed by atoms with Gasteiger partial charge in [0.15, 0.2) is 0 Å². The number of likely N-dealkylation sites (tertiary alicyclic amines) is 1. The maximum atomic E-state index is 3.91. The highest BCUT2D eigenvalue weighted by molar-refractivity contribution is 4.95. The largest absolute Gasteiger partial charge is 0.386 e. The van der Waals surface area contributed by atoms with Gasteiger partial charge < -0.3 is 10.2 Å². The van der Waals surface area contributed by atoms with Crippen LogP contribution in [0.2, 0.25) is 0 Å². The molecule has 2 nitrogen and oxygen atoms in total. The Labute approximate surface area is 82.0 Å². The lowest BCUT2D eigenvalue weighted by atomic mass is 9.86. The Morgan fingerprint density at radius 3 is 2.15 bits per heavy atom. The van der Waals surface area contributed by atoms with Crippen molar-refractivity contribution in [2.45, 2.75) is 26.8 Å². The van der Waals surface area contributed by atoms with Crippen LogP contribution in [0.3, 0.4) is 0 Å². The predicted molar refractivity (Wildman–Crippen MR) is 57.6 cm³/mol. The van der Waals surface area contributed by atoms with E-state index >= 15 is 0 Å². The molecule has 0 bridgehead atoms. The molecular formula is C11H22N2. The van der Waals surface area contributed by atoms with E-state index in [1.807, 2.05) is 6.92 Å². The molecule has 1 saturated heterocycles. The Bertz CT molecular complexity index is 177. The normalized spacial score (nSPS) is 35.8. The summed E-state index contributed by atoms with van der Waals surface area (Å²) in [5.74, 6) is 1.43. The van der Waals surface area contributed by atoms with Gasteiger partial charge in [-0.1, -0.05) is 20.4 Å². The second-order valence-electron chi connectivity index (χ2n) is 4.63. The van der Waals surface area contributed by atoms with E-state index in [0.717, 1.165) is 5.70 Å². The number of rotatable bonds is 2. The SMILES string of the molecule is C=C(C)NC1C(C)CN(C)CC1C. The van der Waals surface area contributed by atoms with E-state index < -0.39 is 0 Å². The highest BCUT2D eigenvalue weighted by Crippen LogP contribution is 2.21. The maximum absolute atomic E-state index is 3.91. The molecule has 1 fully saturated rings. The highest BCUT2D eigenvalue weighted by Gasteiger charge is 2.29. The van der Waals surface area contributed by atoms with Gasteiger partial charge in [-0.25, -0.2) is 0 Å². The van der Waals surface area contributed by atoms with Crippen molar-refractivity contribution in [3.8, 4) is 0 Å². The van der Waals surface area contributed by atoms with E-state index in [4.69, 9.17) is 0 Å². The second kappa shape index (κ2) is 4.14. The van der Waals surface area contributed by atoms with Crippen LogP contribution in [0.1, 0.15) is 20.8 Å². The lowest BCUT2D eigenvalue weighted by molar-refractivity contribution is 0.129. The average molecular weight is 182 g/mol. The topological polar surface area (TPSA) is 15.3 Å². The quantitative estimate of drug-likeness (QED) is 0.699. The fraction of sp³-hybridized carbons (Fsp3) is 0.818. The number of nitrogens with zero attached hydrogens (tertiary/aromatic N) is 1. The van der Waals surface area contributed by atoms with Crippen LogP contribution in [0, 0.1) is 11.8 Å².